The molecule has 140 valence electrons. The number of thiazole rings is 1. The van der Waals surface area contributed by atoms with Crippen molar-refractivity contribution in [1.82, 2.24) is 4.98 Å². The quantitative estimate of drug-likeness (QED) is 0.663. The van der Waals surface area contributed by atoms with Crippen LogP contribution in [0.1, 0.15) is 31.9 Å². The number of nitrogens with zero attached hydrogens (tertiary/aromatic N) is 2. The van der Waals surface area contributed by atoms with Crippen molar-refractivity contribution < 1.29 is 4.79 Å². The summed E-state index contributed by atoms with van der Waals surface area (Å²) in [5.41, 5.74) is 7.32. The number of nitrogens with one attached hydrogen (secondary N) is 1. The number of aromatic nitrogens is 1. The van der Waals surface area contributed by atoms with Gasteiger partial charge in [-0.05, 0) is 68.7 Å². The van der Waals surface area contributed by atoms with E-state index in [-0.39, 0.29) is 5.91 Å². The number of hydrogen-bond donors (Lipinski definition) is 1. The van der Waals surface area contributed by atoms with Crippen LogP contribution < -0.4 is 10.2 Å². The topological polar surface area (TPSA) is 45.2 Å². The number of benzene rings is 2. The lowest BCUT2D eigenvalue weighted by molar-refractivity contribution is 0.102. The molecule has 0 aliphatic rings. The summed E-state index contributed by atoms with van der Waals surface area (Å²) in [6.07, 6.45) is 0. The van der Waals surface area contributed by atoms with Crippen molar-refractivity contribution in [1.29, 1.82) is 0 Å². The molecule has 3 aromatic rings. The monoisotopic (exact) mass is 379 g/mol. The Bertz CT molecular complexity index is 1000. The Labute approximate surface area is 164 Å². The minimum Gasteiger partial charge on any atom is -0.377 e. The number of anilines is 2. The lowest BCUT2D eigenvalue weighted by Gasteiger charge is -2.16. The molecule has 4 nitrogen and oxygen atoms in total. The van der Waals surface area contributed by atoms with E-state index in [2.05, 4.69) is 42.3 Å². The molecule has 1 amide bonds. The molecule has 1 N–H and O–H groups in total. The van der Waals surface area contributed by atoms with E-state index < -0.39 is 0 Å². The third kappa shape index (κ3) is 4.03. The van der Waals surface area contributed by atoms with Crippen LogP contribution in [-0.4, -0.2) is 25.0 Å². The first kappa shape index (κ1) is 19.1. The van der Waals surface area contributed by atoms with E-state index in [0.29, 0.717) is 10.7 Å². The first-order valence-corrected chi connectivity index (χ1v) is 9.72. The maximum absolute atomic E-state index is 12.6. The second-order valence-corrected chi connectivity index (χ2v) is 8.28. The normalized spacial score (nSPS) is 10.7. The number of aryl methyl sites for hydroxylation is 4. The fourth-order valence-electron chi connectivity index (χ4n) is 3.07. The summed E-state index contributed by atoms with van der Waals surface area (Å²) in [6.45, 7) is 8.25. The average molecular weight is 380 g/mol. The average Bonchev–Trinajstić information content (AvgIpc) is 2.97. The molecule has 0 aliphatic carbocycles. The zero-order chi connectivity index (χ0) is 19.7. The molecule has 0 fully saturated rings. The van der Waals surface area contributed by atoms with E-state index in [9.17, 15) is 4.79 Å². The van der Waals surface area contributed by atoms with Crippen LogP contribution in [0.4, 0.5) is 10.8 Å². The number of carbonyl (C=O) groups is 1. The van der Waals surface area contributed by atoms with Crippen LogP contribution >= 0.6 is 11.3 Å². The molecule has 1 aromatic heterocycles. The van der Waals surface area contributed by atoms with Crippen LogP contribution in [0.25, 0.3) is 11.3 Å². The molecule has 0 radical (unpaired) electrons. The van der Waals surface area contributed by atoms with Crippen LogP contribution in [-0.2, 0) is 0 Å². The van der Waals surface area contributed by atoms with Crippen molar-refractivity contribution in [2.75, 3.05) is 24.3 Å². The van der Waals surface area contributed by atoms with Crippen molar-refractivity contribution in [2.24, 2.45) is 0 Å². The molecule has 2 aromatic carbocycles. The van der Waals surface area contributed by atoms with Crippen LogP contribution in [0, 0.1) is 27.7 Å². The highest BCUT2D eigenvalue weighted by Gasteiger charge is 2.14. The van der Waals surface area contributed by atoms with Gasteiger partial charge < -0.3 is 4.90 Å². The Balaban J connectivity index is 1.83. The fourth-order valence-corrected chi connectivity index (χ4v) is 3.91. The maximum Gasteiger partial charge on any atom is 0.257 e. The van der Waals surface area contributed by atoms with Gasteiger partial charge in [0.1, 0.15) is 0 Å². The Hall–Kier alpha value is -2.66. The van der Waals surface area contributed by atoms with Gasteiger partial charge in [-0.2, -0.15) is 0 Å². The van der Waals surface area contributed by atoms with Gasteiger partial charge in [-0.1, -0.05) is 12.1 Å². The molecule has 0 aliphatic heterocycles. The van der Waals surface area contributed by atoms with Gasteiger partial charge in [0.25, 0.3) is 5.91 Å². The summed E-state index contributed by atoms with van der Waals surface area (Å²) in [5.74, 6) is -0.135. The highest BCUT2D eigenvalue weighted by molar-refractivity contribution is 7.16. The minimum absolute atomic E-state index is 0.135. The molecule has 0 atom stereocenters. The van der Waals surface area contributed by atoms with E-state index in [0.717, 1.165) is 27.4 Å². The van der Waals surface area contributed by atoms with Crippen molar-refractivity contribution in [3.63, 3.8) is 0 Å². The van der Waals surface area contributed by atoms with E-state index >= 15 is 0 Å². The van der Waals surface area contributed by atoms with Crippen LogP contribution in [0.3, 0.4) is 0 Å². The summed E-state index contributed by atoms with van der Waals surface area (Å²) in [4.78, 5) is 20.4. The van der Waals surface area contributed by atoms with E-state index in [1.807, 2.05) is 51.0 Å². The zero-order valence-electron chi connectivity index (χ0n) is 16.7. The van der Waals surface area contributed by atoms with Gasteiger partial charge in [0.2, 0.25) is 0 Å². The van der Waals surface area contributed by atoms with E-state index in [1.165, 1.54) is 22.5 Å². The fraction of sp³-hybridized carbons (Fsp3) is 0.273. The molecule has 27 heavy (non-hydrogen) atoms. The third-order valence-electron chi connectivity index (χ3n) is 4.74. The Kier molecular flexibility index (Phi) is 5.33. The second-order valence-electron chi connectivity index (χ2n) is 7.07. The van der Waals surface area contributed by atoms with Gasteiger partial charge in [-0.3, -0.25) is 10.1 Å². The largest absolute Gasteiger partial charge is 0.377 e. The van der Waals surface area contributed by atoms with Crippen molar-refractivity contribution in [3.05, 3.63) is 63.5 Å². The predicted octanol–water partition coefficient (Wildman–Crippen LogP) is 5.36. The molecular weight excluding hydrogens is 354 g/mol. The number of carbonyl (C=O) groups excluding carboxylic acids is 1. The molecule has 0 bridgehead atoms. The van der Waals surface area contributed by atoms with Crippen molar-refractivity contribution >= 4 is 28.1 Å². The summed E-state index contributed by atoms with van der Waals surface area (Å²) < 4.78 is 0. The smallest absolute Gasteiger partial charge is 0.257 e. The summed E-state index contributed by atoms with van der Waals surface area (Å²) in [6, 6.07) is 12.1. The van der Waals surface area contributed by atoms with Crippen LogP contribution in [0.15, 0.2) is 36.4 Å². The molecule has 0 saturated heterocycles. The van der Waals surface area contributed by atoms with Gasteiger partial charge in [0.05, 0.1) is 5.69 Å². The third-order valence-corrected chi connectivity index (χ3v) is 5.62. The number of hydrogen-bond acceptors (Lipinski definition) is 4. The van der Waals surface area contributed by atoms with E-state index in [1.54, 1.807) is 0 Å². The van der Waals surface area contributed by atoms with Gasteiger partial charge in [0.15, 0.2) is 5.13 Å². The standard InChI is InChI=1S/C22H25N3OS/c1-13-7-8-17(11-14(13)2)20-16(4)27-22(23-20)24-21(26)18-9-10-19(25(5)6)15(3)12-18/h7-12H,1-6H3,(H,23,24,26). The molecule has 3 rings (SSSR count). The first-order chi connectivity index (χ1) is 12.8. The van der Waals surface area contributed by atoms with Gasteiger partial charge in [-0.15, -0.1) is 11.3 Å². The predicted molar refractivity (Wildman–Crippen MR) is 115 cm³/mol. The summed E-state index contributed by atoms with van der Waals surface area (Å²) >= 11 is 1.50. The molecule has 0 spiro atoms. The van der Waals surface area contributed by atoms with Gasteiger partial charge in [-0.25, -0.2) is 4.98 Å². The van der Waals surface area contributed by atoms with Gasteiger partial charge in [0, 0.05) is 35.8 Å². The summed E-state index contributed by atoms with van der Waals surface area (Å²) in [5, 5.41) is 3.57. The van der Waals surface area contributed by atoms with Crippen LogP contribution in [0.5, 0.6) is 0 Å². The zero-order valence-corrected chi connectivity index (χ0v) is 17.5. The molecule has 1 heterocycles. The van der Waals surface area contributed by atoms with Gasteiger partial charge >= 0.3 is 0 Å². The van der Waals surface area contributed by atoms with Crippen molar-refractivity contribution in [2.45, 2.75) is 27.7 Å². The minimum atomic E-state index is -0.135. The Morgan fingerprint density at radius 2 is 1.70 bits per heavy atom. The summed E-state index contributed by atoms with van der Waals surface area (Å²) in [7, 11) is 3.99. The van der Waals surface area contributed by atoms with Crippen molar-refractivity contribution in [3.8, 4) is 11.3 Å². The van der Waals surface area contributed by atoms with E-state index in [4.69, 9.17) is 0 Å². The molecule has 5 heteroatoms. The lowest BCUT2D eigenvalue weighted by atomic mass is 10.0. The number of amides is 1. The Morgan fingerprint density at radius 1 is 0.963 bits per heavy atom. The highest BCUT2D eigenvalue weighted by atomic mass is 32.1. The molecular formula is C22H25N3OS. The molecule has 0 saturated carbocycles. The first-order valence-electron chi connectivity index (χ1n) is 8.90. The maximum atomic E-state index is 12.6. The Morgan fingerprint density at radius 3 is 2.33 bits per heavy atom. The SMILES string of the molecule is Cc1ccc(-c2nc(NC(=O)c3ccc(N(C)C)c(C)c3)sc2C)cc1C. The second kappa shape index (κ2) is 7.53. The lowest BCUT2D eigenvalue weighted by Crippen LogP contribution is -2.14. The number of rotatable bonds is 4. The highest BCUT2D eigenvalue weighted by Crippen LogP contribution is 2.31. The van der Waals surface area contributed by atoms with Crippen LogP contribution in [0.2, 0.25) is 0 Å². The molecule has 0 unspecified atom stereocenters.